The van der Waals surface area contributed by atoms with E-state index in [0.717, 1.165) is 5.56 Å². The zero-order chi connectivity index (χ0) is 34.6. The normalized spacial score (nSPS) is 14.3. The first kappa shape index (κ1) is 34.2. The summed E-state index contributed by atoms with van der Waals surface area (Å²) in [4.78, 5) is 51.1. The van der Waals surface area contributed by atoms with Crippen molar-refractivity contribution in [2.24, 2.45) is 0 Å². The third-order valence-electron chi connectivity index (χ3n) is 7.72. The summed E-state index contributed by atoms with van der Waals surface area (Å²) in [6.45, 7) is 7.63. The summed E-state index contributed by atoms with van der Waals surface area (Å²) in [6.07, 6.45) is 3.92. The Kier molecular flexibility index (Phi) is 10.2. The maximum atomic E-state index is 14.7. The third kappa shape index (κ3) is 7.71. The predicted octanol–water partition coefficient (Wildman–Crippen LogP) is 6.89. The van der Waals surface area contributed by atoms with Gasteiger partial charge in [0.15, 0.2) is 17.9 Å². The van der Waals surface area contributed by atoms with Gasteiger partial charge in [-0.05, 0) is 70.0 Å². The minimum atomic E-state index is -0.751. The minimum absolute atomic E-state index is 0.0465. The average molecular weight is 675 g/mol. The van der Waals surface area contributed by atoms with E-state index >= 15 is 0 Å². The SMILES string of the molecule is COc1nc(-c2ccnc(-c3cccc(Nc4nccc(C=O)c4F)c3C)c2Cl)ccc1CN(C[C@@H]1CCC(=O)N1)C(=O)OC(C)(C)C. The quantitative estimate of drug-likeness (QED) is 0.172. The molecule has 0 radical (unpaired) electrons. The molecule has 13 heteroatoms. The summed E-state index contributed by atoms with van der Waals surface area (Å²) in [6, 6.07) is 11.8. The Morgan fingerprint density at radius 3 is 2.60 bits per heavy atom. The maximum absolute atomic E-state index is 14.7. The molecule has 1 aliphatic heterocycles. The van der Waals surface area contributed by atoms with E-state index in [4.69, 9.17) is 26.1 Å². The Bertz CT molecular complexity index is 1860. The molecule has 1 fully saturated rings. The first-order valence-corrected chi connectivity index (χ1v) is 15.7. The second-order valence-corrected chi connectivity index (χ2v) is 12.7. The molecule has 0 aliphatic carbocycles. The van der Waals surface area contributed by atoms with Crippen LogP contribution in [0.1, 0.15) is 55.1 Å². The summed E-state index contributed by atoms with van der Waals surface area (Å²) in [5.74, 6) is -0.587. The molecule has 0 unspecified atom stereocenters. The Morgan fingerprint density at radius 1 is 1.15 bits per heavy atom. The number of nitrogens with one attached hydrogen (secondary N) is 2. The van der Waals surface area contributed by atoms with Crippen LogP contribution in [0.4, 0.5) is 20.7 Å². The average Bonchev–Trinajstić information content (AvgIpc) is 3.46. The summed E-state index contributed by atoms with van der Waals surface area (Å²) >= 11 is 6.98. The molecule has 1 aliphatic rings. The van der Waals surface area contributed by atoms with E-state index in [9.17, 15) is 18.8 Å². The fourth-order valence-electron chi connectivity index (χ4n) is 5.35. The topological polar surface area (TPSA) is 136 Å². The lowest BCUT2D eigenvalue weighted by molar-refractivity contribution is -0.119. The number of amides is 2. The molecule has 4 aromatic rings. The van der Waals surface area contributed by atoms with Gasteiger partial charge in [0.05, 0.1) is 35.6 Å². The highest BCUT2D eigenvalue weighted by molar-refractivity contribution is 6.35. The van der Waals surface area contributed by atoms with Crippen molar-refractivity contribution in [3.05, 3.63) is 82.4 Å². The Labute approximate surface area is 282 Å². The summed E-state index contributed by atoms with van der Waals surface area (Å²) in [5, 5.41) is 6.21. The van der Waals surface area contributed by atoms with Gasteiger partial charge < -0.3 is 25.0 Å². The fraction of sp³-hybridized carbons (Fsp3) is 0.314. The number of carbonyl (C=O) groups is 3. The van der Waals surface area contributed by atoms with E-state index in [2.05, 4.69) is 20.6 Å². The van der Waals surface area contributed by atoms with Crippen LogP contribution in [-0.4, -0.2) is 63.4 Å². The lowest BCUT2D eigenvalue weighted by atomic mass is 10.0. The number of carbonyl (C=O) groups excluding carboxylic acids is 3. The lowest BCUT2D eigenvalue weighted by Gasteiger charge is -2.29. The fourth-order valence-corrected chi connectivity index (χ4v) is 5.66. The van der Waals surface area contributed by atoms with Gasteiger partial charge in [0.2, 0.25) is 11.8 Å². The largest absolute Gasteiger partial charge is 0.481 e. The lowest BCUT2D eigenvalue weighted by Crippen LogP contribution is -2.43. The second-order valence-electron chi connectivity index (χ2n) is 12.3. The molecule has 48 heavy (non-hydrogen) atoms. The van der Waals surface area contributed by atoms with Crippen molar-refractivity contribution in [1.29, 1.82) is 0 Å². The molecule has 1 saturated heterocycles. The van der Waals surface area contributed by atoms with Crippen molar-refractivity contribution in [3.63, 3.8) is 0 Å². The van der Waals surface area contributed by atoms with Gasteiger partial charge in [0.25, 0.3) is 0 Å². The van der Waals surface area contributed by atoms with Gasteiger partial charge in [-0.1, -0.05) is 23.7 Å². The molecule has 11 nitrogen and oxygen atoms in total. The van der Waals surface area contributed by atoms with Crippen LogP contribution in [0.25, 0.3) is 22.5 Å². The van der Waals surface area contributed by atoms with E-state index in [-0.39, 0.29) is 36.4 Å². The van der Waals surface area contributed by atoms with Crippen molar-refractivity contribution >= 4 is 41.4 Å². The minimum Gasteiger partial charge on any atom is -0.481 e. The first-order valence-electron chi connectivity index (χ1n) is 15.3. The Morgan fingerprint density at radius 2 is 1.92 bits per heavy atom. The molecule has 250 valence electrons. The van der Waals surface area contributed by atoms with Crippen LogP contribution in [0, 0.1) is 12.7 Å². The molecule has 1 atom stereocenters. The van der Waals surface area contributed by atoms with Crippen LogP contribution in [-0.2, 0) is 16.1 Å². The van der Waals surface area contributed by atoms with Gasteiger partial charge in [-0.2, -0.15) is 0 Å². The van der Waals surface area contributed by atoms with Crippen molar-refractivity contribution < 1.29 is 28.2 Å². The second kappa shape index (κ2) is 14.3. The van der Waals surface area contributed by atoms with E-state index in [1.165, 1.54) is 19.4 Å². The van der Waals surface area contributed by atoms with E-state index < -0.39 is 17.5 Å². The number of anilines is 2. The molecule has 0 spiro atoms. The van der Waals surface area contributed by atoms with Crippen LogP contribution in [0.15, 0.2) is 54.9 Å². The number of nitrogens with zero attached hydrogens (tertiary/aromatic N) is 4. The van der Waals surface area contributed by atoms with Gasteiger partial charge in [-0.15, -0.1) is 0 Å². The van der Waals surface area contributed by atoms with Crippen molar-refractivity contribution in [2.45, 2.75) is 58.7 Å². The highest BCUT2D eigenvalue weighted by Crippen LogP contribution is 2.38. The predicted molar refractivity (Wildman–Crippen MR) is 180 cm³/mol. The molecule has 5 rings (SSSR count). The van der Waals surface area contributed by atoms with Crippen LogP contribution >= 0.6 is 11.6 Å². The third-order valence-corrected chi connectivity index (χ3v) is 8.11. The monoisotopic (exact) mass is 674 g/mol. The number of benzene rings is 1. The standard InChI is InChI=1S/C35H36ClFN6O5/c1-20-24(7-6-8-26(20)41-32-30(37)22(19-44)13-15-39-32)31-29(36)25(14-16-38-31)27-11-9-21(33(42-27)47-5)17-43(34(46)48-35(2,3)4)18-23-10-12-28(45)40-23/h6-9,11,13-16,19,23H,10,12,17-18H2,1-5H3,(H,39,41)(H,40,45)/t23-/m0/s1. The van der Waals surface area contributed by atoms with Crippen LogP contribution in [0.2, 0.25) is 5.02 Å². The summed E-state index contributed by atoms with van der Waals surface area (Å²) in [7, 11) is 1.49. The molecular formula is C35H36ClFN6O5. The molecular weight excluding hydrogens is 639 g/mol. The Balaban J connectivity index is 1.44. The van der Waals surface area contributed by atoms with Crippen molar-refractivity contribution in [1.82, 2.24) is 25.2 Å². The summed E-state index contributed by atoms with van der Waals surface area (Å²) < 4.78 is 26.1. The number of aldehydes is 1. The first-order chi connectivity index (χ1) is 22.9. The van der Waals surface area contributed by atoms with Crippen LogP contribution < -0.4 is 15.4 Å². The zero-order valence-electron chi connectivity index (χ0n) is 27.3. The Hall–Kier alpha value is -5.10. The molecule has 0 saturated carbocycles. The molecule has 3 aromatic heterocycles. The van der Waals surface area contributed by atoms with Crippen molar-refractivity contribution in [3.8, 4) is 28.4 Å². The number of hydrogen-bond acceptors (Lipinski definition) is 9. The highest BCUT2D eigenvalue weighted by Gasteiger charge is 2.29. The molecule has 4 heterocycles. The van der Waals surface area contributed by atoms with E-state index in [1.807, 2.05) is 19.1 Å². The molecule has 2 N–H and O–H groups in total. The summed E-state index contributed by atoms with van der Waals surface area (Å²) in [5.41, 5.74) is 3.37. The molecule has 1 aromatic carbocycles. The number of rotatable bonds is 10. The van der Waals surface area contributed by atoms with Gasteiger partial charge in [0, 0.05) is 53.8 Å². The molecule has 0 bridgehead atoms. The van der Waals surface area contributed by atoms with Gasteiger partial charge >= 0.3 is 6.09 Å². The number of pyridine rings is 3. The van der Waals surface area contributed by atoms with Crippen molar-refractivity contribution in [2.75, 3.05) is 19.0 Å². The number of halogens is 2. The smallest absolute Gasteiger partial charge is 0.410 e. The van der Waals surface area contributed by atoms with Crippen LogP contribution in [0.3, 0.4) is 0 Å². The van der Waals surface area contributed by atoms with Gasteiger partial charge in [-0.25, -0.2) is 19.2 Å². The van der Waals surface area contributed by atoms with Gasteiger partial charge in [-0.3, -0.25) is 14.6 Å². The van der Waals surface area contributed by atoms with E-state index in [1.54, 1.807) is 56.1 Å². The number of ether oxygens (including phenoxy) is 2. The maximum Gasteiger partial charge on any atom is 0.410 e. The molecule has 2 amide bonds. The van der Waals surface area contributed by atoms with Gasteiger partial charge in [0.1, 0.15) is 5.60 Å². The van der Waals surface area contributed by atoms with Crippen LogP contribution in [0.5, 0.6) is 5.88 Å². The number of methoxy groups -OCH3 is 1. The number of aromatic nitrogens is 3. The number of hydrogen-bond donors (Lipinski definition) is 2. The highest BCUT2D eigenvalue weighted by atomic mass is 35.5. The zero-order valence-corrected chi connectivity index (χ0v) is 28.0. The van der Waals surface area contributed by atoms with E-state index in [0.29, 0.717) is 63.8 Å².